The number of likely N-dealkylation sites (tertiary alicyclic amines) is 1. The molecule has 0 saturated carbocycles. The number of hydrogen-bond acceptors (Lipinski definition) is 6. The first-order chi connectivity index (χ1) is 17.5. The maximum atomic E-state index is 13.2. The number of nitrogens with one attached hydrogen (secondary N) is 2. The molecule has 0 bridgehead atoms. The second kappa shape index (κ2) is 11.8. The lowest BCUT2D eigenvalue weighted by Crippen LogP contribution is -2.51. The predicted molar refractivity (Wildman–Crippen MR) is 133 cm³/mol. The van der Waals surface area contributed by atoms with Gasteiger partial charge in [0, 0.05) is 51.1 Å². The minimum atomic E-state index is -0.911. The first kappa shape index (κ1) is 25.4. The molecule has 9 nitrogen and oxygen atoms in total. The molecule has 0 aliphatic carbocycles. The average molecular weight is 493 g/mol. The molecule has 36 heavy (non-hydrogen) atoms. The van der Waals surface area contributed by atoms with E-state index in [9.17, 15) is 19.2 Å². The highest BCUT2D eigenvalue weighted by atomic mass is 16.5. The molecule has 2 aromatic carbocycles. The number of hydrogen-bond donors (Lipinski definition) is 2. The van der Waals surface area contributed by atoms with E-state index in [4.69, 9.17) is 4.74 Å². The third-order valence-electron chi connectivity index (χ3n) is 6.67. The van der Waals surface area contributed by atoms with Crippen LogP contribution in [0.3, 0.4) is 0 Å². The van der Waals surface area contributed by atoms with E-state index in [0.29, 0.717) is 31.6 Å². The number of piperazine rings is 1. The molecule has 2 atom stereocenters. The summed E-state index contributed by atoms with van der Waals surface area (Å²) in [6, 6.07) is 15.0. The largest absolute Gasteiger partial charge is 0.467 e. The van der Waals surface area contributed by atoms with Crippen molar-refractivity contribution in [1.29, 1.82) is 0 Å². The Bertz CT molecular complexity index is 1080. The van der Waals surface area contributed by atoms with Crippen molar-refractivity contribution in [3.63, 3.8) is 0 Å². The summed E-state index contributed by atoms with van der Waals surface area (Å²) in [7, 11) is 1.28. The molecule has 0 unspecified atom stereocenters. The summed E-state index contributed by atoms with van der Waals surface area (Å²) >= 11 is 0. The Kier molecular flexibility index (Phi) is 8.32. The van der Waals surface area contributed by atoms with Crippen LogP contribution in [0.15, 0.2) is 54.6 Å². The van der Waals surface area contributed by atoms with Crippen molar-refractivity contribution < 1.29 is 23.9 Å². The first-order valence-electron chi connectivity index (χ1n) is 12.3. The van der Waals surface area contributed by atoms with Crippen molar-refractivity contribution in [3.8, 4) is 0 Å². The van der Waals surface area contributed by atoms with E-state index in [1.54, 1.807) is 29.2 Å². The molecular weight excluding hydrogens is 460 g/mol. The molecule has 2 heterocycles. The van der Waals surface area contributed by atoms with Crippen LogP contribution in [0, 0.1) is 0 Å². The maximum absolute atomic E-state index is 13.2. The van der Waals surface area contributed by atoms with E-state index in [1.165, 1.54) is 7.11 Å². The standard InChI is InChI=1S/C27H32N4O5/c1-36-27(35)22(17-19-7-9-21(10-8-19)26(34)30-15-13-28-14-16-30)29-25(33)23-11-12-24(32)31(23)18-20-5-3-2-4-6-20/h2-10,22-23,28H,11-18H2,1H3,(H,29,33)/t22-,23-/m0/s1. The summed E-state index contributed by atoms with van der Waals surface area (Å²) in [5.41, 5.74) is 2.30. The van der Waals surface area contributed by atoms with Gasteiger partial charge in [0.2, 0.25) is 11.8 Å². The Morgan fingerprint density at radius 1 is 1.03 bits per heavy atom. The summed E-state index contributed by atoms with van der Waals surface area (Å²) in [5, 5.41) is 6.02. The Morgan fingerprint density at radius 3 is 2.39 bits per heavy atom. The zero-order chi connectivity index (χ0) is 25.5. The van der Waals surface area contributed by atoms with E-state index < -0.39 is 18.1 Å². The summed E-state index contributed by atoms with van der Waals surface area (Å²) in [6.45, 7) is 3.23. The number of rotatable bonds is 8. The second-order valence-corrected chi connectivity index (χ2v) is 9.09. The number of carbonyl (C=O) groups excluding carboxylic acids is 4. The fourth-order valence-corrected chi connectivity index (χ4v) is 4.66. The van der Waals surface area contributed by atoms with Gasteiger partial charge in [-0.15, -0.1) is 0 Å². The number of ether oxygens (including phenoxy) is 1. The Morgan fingerprint density at radius 2 is 1.72 bits per heavy atom. The third kappa shape index (κ3) is 6.09. The number of benzene rings is 2. The van der Waals surface area contributed by atoms with Crippen molar-refractivity contribution >= 4 is 23.7 Å². The molecule has 9 heteroatoms. The molecule has 4 rings (SSSR count). The second-order valence-electron chi connectivity index (χ2n) is 9.09. The fourth-order valence-electron chi connectivity index (χ4n) is 4.66. The number of carbonyl (C=O) groups is 4. The monoisotopic (exact) mass is 492 g/mol. The van der Waals surface area contributed by atoms with Crippen LogP contribution >= 0.6 is 0 Å². The van der Waals surface area contributed by atoms with Crippen molar-refractivity contribution in [2.75, 3.05) is 33.3 Å². The highest BCUT2D eigenvalue weighted by Gasteiger charge is 2.37. The number of amides is 3. The van der Waals surface area contributed by atoms with Crippen LogP contribution in [-0.4, -0.2) is 78.9 Å². The molecular formula is C27H32N4O5. The Balaban J connectivity index is 1.41. The summed E-state index contributed by atoms with van der Waals surface area (Å²) in [6.07, 6.45) is 0.893. The lowest BCUT2D eigenvalue weighted by Gasteiger charge is -2.27. The lowest BCUT2D eigenvalue weighted by atomic mass is 10.0. The van der Waals surface area contributed by atoms with Crippen LogP contribution < -0.4 is 10.6 Å². The fraction of sp³-hybridized carbons (Fsp3) is 0.407. The molecule has 2 saturated heterocycles. The van der Waals surface area contributed by atoms with Gasteiger partial charge in [0.1, 0.15) is 12.1 Å². The number of methoxy groups -OCH3 is 1. The smallest absolute Gasteiger partial charge is 0.328 e. The van der Waals surface area contributed by atoms with Crippen molar-refractivity contribution in [2.24, 2.45) is 0 Å². The van der Waals surface area contributed by atoms with Gasteiger partial charge in [0.05, 0.1) is 7.11 Å². The molecule has 2 N–H and O–H groups in total. The van der Waals surface area contributed by atoms with E-state index >= 15 is 0 Å². The summed E-state index contributed by atoms with van der Waals surface area (Å²) in [5.74, 6) is -1.05. The van der Waals surface area contributed by atoms with E-state index in [-0.39, 0.29) is 30.6 Å². The zero-order valence-corrected chi connectivity index (χ0v) is 20.4. The summed E-state index contributed by atoms with van der Waals surface area (Å²) < 4.78 is 4.93. The SMILES string of the molecule is COC(=O)[C@H](Cc1ccc(C(=O)N2CCNCC2)cc1)NC(=O)[C@@H]1CCC(=O)N1Cc1ccccc1. The molecule has 0 aromatic heterocycles. The number of esters is 1. The predicted octanol–water partition coefficient (Wildman–Crippen LogP) is 1.12. The van der Waals surface area contributed by atoms with Crippen LogP contribution in [0.5, 0.6) is 0 Å². The highest BCUT2D eigenvalue weighted by molar-refractivity contribution is 5.95. The van der Waals surface area contributed by atoms with Crippen LogP contribution in [0.4, 0.5) is 0 Å². The van der Waals surface area contributed by atoms with Gasteiger partial charge in [-0.3, -0.25) is 14.4 Å². The van der Waals surface area contributed by atoms with Gasteiger partial charge in [-0.25, -0.2) is 4.79 Å². The molecule has 0 radical (unpaired) electrons. The third-order valence-corrected chi connectivity index (χ3v) is 6.67. The van der Waals surface area contributed by atoms with Crippen LogP contribution in [-0.2, 0) is 32.1 Å². The average Bonchev–Trinajstić information content (AvgIpc) is 3.28. The topological polar surface area (TPSA) is 108 Å². The molecule has 2 aliphatic rings. The molecule has 2 aromatic rings. The molecule has 2 fully saturated rings. The van der Waals surface area contributed by atoms with E-state index in [0.717, 1.165) is 24.2 Å². The molecule has 0 spiro atoms. The van der Waals surface area contributed by atoms with Gasteiger partial charge in [-0.2, -0.15) is 0 Å². The van der Waals surface area contributed by atoms with Gasteiger partial charge in [-0.1, -0.05) is 42.5 Å². The molecule has 2 aliphatic heterocycles. The molecule has 3 amide bonds. The summed E-state index contributed by atoms with van der Waals surface area (Å²) in [4.78, 5) is 54.2. The Labute approximate surface area is 210 Å². The van der Waals surface area contributed by atoms with E-state index in [1.807, 2.05) is 35.2 Å². The number of nitrogens with zero attached hydrogens (tertiary/aromatic N) is 2. The minimum Gasteiger partial charge on any atom is -0.467 e. The van der Waals surface area contributed by atoms with Crippen LogP contribution in [0.25, 0.3) is 0 Å². The Hall–Kier alpha value is -3.72. The van der Waals surface area contributed by atoms with Crippen LogP contribution in [0.2, 0.25) is 0 Å². The lowest BCUT2D eigenvalue weighted by molar-refractivity contribution is -0.146. The highest BCUT2D eigenvalue weighted by Crippen LogP contribution is 2.22. The van der Waals surface area contributed by atoms with Crippen molar-refractivity contribution in [1.82, 2.24) is 20.4 Å². The van der Waals surface area contributed by atoms with Gasteiger partial charge in [0.25, 0.3) is 5.91 Å². The maximum Gasteiger partial charge on any atom is 0.328 e. The van der Waals surface area contributed by atoms with Gasteiger partial charge >= 0.3 is 5.97 Å². The van der Waals surface area contributed by atoms with Crippen LogP contribution in [0.1, 0.15) is 34.3 Å². The zero-order valence-electron chi connectivity index (χ0n) is 20.4. The minimum absolute atomic E-state index is 0.0229. The quantitative estimate of drug-likeness (QED) is 0.535. The molecule has 190 valence electrons. The first-order valence-corrected chi connectivity index (χ1v) is 12.3. The normalized spacial score (nSPS) is 18.6. The van der Waals surface area contributed by atoms with Gasteiger partial charge in [0.15, 0.2) is 0 Å². The van der Waals surface area contributed by atoms with E-state index in [2.05, 4.69) is 10.6 Å². The van der Waals surface area contributed by atoms with Crippen molar-refractivity contribution in [2.45, 2.75) is 37.9 Å². The van der Waals surface area contributed by atoms with Crippen molar-refractivity contribution in [3.05, 3.63) is 71.3 Å². The van der Waals surface area contributed by atoms with Gasteiger partial charge < -0.3 is 25.2 Å². The van der Waals surface area contributed by atoms with Gasteiger partial charge in [-0.05, 0) is 29.7 Å².